The van der Waals surface area contributed by atoms with Gasteiger partial charge in [-0.2, -0.15) is 18.4 Å². The number of ether oxygens (including phenoxy) is 2. The quantitative estimate of drug-likeness (QED) is 0.0786. The fourth-order valence-corrected chi connectivity index (χ4v) is 9.22. The molecule has 6 rings (SSSR count). The number of hydrogen-bond acceptors (Lipinski definition) is 12. The van der Waals surface area contributed by atoms with Gasteiger partial charge in [0.2, 0.25) is 17.7 Å². The van der Waals surface area contributed by atoms with Crippen LogP contribution in [-0.4, -0.2) is 100 Å². The first-order valence-corrected chi connectivity index (χ1v) is 22.6. The van der Waals surface area contributed by atoms with E-state index >= 15 is 0 Å². The molecule has 2 aliphatic heterocycles. The van der Waals surface area contributed by atoms with E-state index in [2.05, 4.69) is 15.6 Å². The Labute approximate surface area is 388 Å². The zero-order valence-electron chi connectivity index (χ0n) is 36.9. The van der Waals surface area contributed by atoms with Crippen molar-refractivity contribution in [3.63, 3.8) is 0 Å². The van der Waals surface area contributed by atoms with Crippen LogP contribution in [0.4, 0.5) is 18.0 Å². The SMILES string of the molecule is COc1cc(/C=C2\SC(=O)N(CCOCCC(=O)N[C@H](C(=O)N3C[C@H](O)C[C@H]3C(=O)NCc3ccc(-c4scnc4C)cc3)C(C)(C)C)C2=O)ccc1Cc1ccc(C#N)cc1C(F)(F)F. The summed E-state index contributed by atoms with van der Waals surface area (Å²) in [7, 11) is 1.36. The molecule has 3 N–H and O–H groups in total. The van der Waals surface area contributed by atoms with Gasteiger partial charge in [-0.3, -0.25) is 28.9 Å². The zero-order valence-corrected chi connectivity index (χ0v) is 38.5. The number of carbonyl (C=O) groups excluding carboxylic acids is 5. The predicted molar refractivity (Wildman–Crippen MR) is 242 cm³/mol. The third-order valence-corrected chi connectivity index (χ3v) is 12.9. The van der Waals surface area contributed by atoms with Crippen molar-refractivity contribution in [1.82, 2.24) is 25.4 Å². The lowest BCUT2D eigenvalue weighted by molar-refractivity contribution is -0.144. The number of rotatable bonds is 16. The van der Waals surface area contributed by atoms with Crippen LogP contribution in [0.25, 0.3) is 16.5 Å². The summed E-state index contributed by atoms with van der Waals surface area (Å²) in [6, 6.07) is 15.5. The van der Waals surface area contributed by atoms with Gasteiger partial charge in [-0.25, -0.2) is 4.98 Å². The summed E-state index contributed by atoms with van der Waals surface area (Å²) >= 11 is 2.25. The Morgan fingerprint density at radius 2 is 1.77 bits per heavy atom. The van der Waals surface area contributed by atoms with Gasteiger partial charge in [-0.05, 0) is 76.2 Å². The van der Waals surface area contributed by atoms with Gasteiger partial charge in [-0.15, -0.1) is 11.3 Å². The number of β-amino-alcohol motifs (C(OH)–C–C–N with tert-alkyl or cyclic N) is 1. The summed E-state index contributed by atoms with van der Waals surface area (Å²) in [5.41, 5.74) is 3.61. The molecule has 3 aromatic carbocycles. The fraction of sp³-hybridized carbons (Fsp3) is 0.383. The van der Waals surface area contributed by atoms with Gasteiger partial charge in [-0.1, -0.05) is 63.2 Å². The molecular weight excluding hydrogens is 898 g/mol. The molecule has 3 atom stereocenters. The van der Waals surface area contributed by atoms with Gasteiger partial charge in [0, 0.05) is 32.4 Å². The first-order chi connectivity index (χ1) is 31.3. The van der Waals surface area contributed by atoms with E-state index in [9.17, 15) is 42.3 Å². The van der Waals surface area contributed by atoms with Crippen LogP contribution in [0.15, 0.2) is 71.1 Å². The van der Waals surface area contributed by atoms with Crippen molar-refractivity contribution in [2.24, 2.45) is 5.41 Å². The van der Waals surface area contributed by atoms with Crippen LogP contribution in [0.1, 0.15) is 72.7 Å². The van der Waals surface area contributed by atoms with Crippen molar-refractivity contribution < 1.29 is 51.7 Å². The molecule has 0 aliphatic carbocycles. The van der Waals surface area contributed by atoms with Crippen LogP contribution < -0.4 is 15.4 Å². The normalized spacial score (nSPS) is 17.5. The highest BCUT2D eigenvalue weighted by atomic mass is 32.2. The van der Waals surface area contributed by atoms with Gasteiger partial charge in [0.25, 0.3) is 11.1 Å². The van der Waals surface area contributed by atoms with Crippen LogP contribution in [0.2, 0.25) is 0 Å². The third-order valence-electron chi connectivity index (χ3n) is 11.1. The van der Waals surface area contributed by atoms with Gasteiger partial charge in [0.05, 0.1) is 71.2 Å². The van der Waals surface area contributed by atoms with E-state index in [4.69, 9.17) is 14.7 Å². The smallest absolute Gasteiger partial charge is 0.416 e. The van der Waals surface area contributed by atoms with E-state index < -0.39 is 64.2 Å². The molecule has 3 heterocycles. The second-order valence-electron chi connectivity index (χ2n) is 16.9. The molecule has 4 aromatic rings. The fourth-order valence-electron chi connectivity index (χ4n) is 7.55. The lowest BCUT2D eigenvalue weighted by Gasteiger charge is -2.35. The molecule has 0 saturated carbocycles. The standard InChI is InChI=1S/C47H49F3N6O8S2/c1-27-40(65-26-53-27)31-10-6-28(7-11-31)24-52-42(59)36-22-34(57)25-56(36)44(61)41(46(2,3)4)54-39(58)14-16-64-17-15-55-43(60)38(66-45(55)62)20-29-8-13-33(37(19-29)63-5)21-32-12-9-30(23-51)18-35(32)47(48,49)50/h6-13,18-20,26,34,36,41,57H,14-17,21-22,24-25H2,1-5H3,(H,52,59)(H,54,58)/b38-20-/t34-,36+,41-/m1/s1. The highest BCUT2D eigenvalue weighted by molar-refractivity contribution is 8.18. The number of amides is 5. The lowest BCUT2D eigenvalue weighted by atomic mass is 9.85. The van der Waals surface area contributed by atoms with E-state index in [-0.39, 0.29) is 73.9 Å². The molecule has 2 aliphatic rings. The molecule has 0 unspecified atom stereocenters. The number of nitriles is 1. The number of nitrogens with one attached hydrogen (secondary N) is 2. The topological polar surface area (TPSA) is 191 Å². The van der Waals surface area contributed by atoms with Crippen LogP contribution >= 0.6 is 23.1 Å². The summed E-state index contributed by atoms with van der Waals surface area (Å²) in [5, 5.41) is 24.8. The first kappa shape index (κ1) is 49.4. The number of aliphatic hydroxyl groups excluding tert-OH is 1. The molecule has 348 valence electrons. The van der Waals surface area contributed by atoms with Crippen molar-refractivity contribution in [2.75, 3.05) is 33.4 Å². The summed E-state index contributed by atoms with van der Waals surface area (Å²) in [5.74, 6) is -1.76. The summed E-state index contributed by atoms with van der Waals surface area (Å²) in [4.78, 5) is 74.4. The average Bonchev–Trinajstić information content (AvgIpc) is 3.96. The summed E-state index contributed by atoms with van der Waals surface area (Å²) < 4.78 is 52.4. The first-order valence-electron chi connectivity index (χ1n) is 20.9. The maximum atomic E-state index is 14.0. The monoisotopic (exact) mass is 946 g/mol. The van der Waals surface area contributed by atoms with E-state index in [0.717, 1.165) is 32.7 Å². The van der Waals surface area contributed by atoms with E-state index in [1.807, 2.05) is 31.2 Å². The summed E-state index contributed by atoms with van der Waals surface area (Å²) in [6.07, 6.45) is -4.40. The number of methoxy groups -OCH3 is 1. The van der Waals surface area contributed by atoms with Crippen molar-refractivity contribution in [1.29, 1.82) is 5.26 Å². The second kappa shape index (κ2) is 21.0. The Morgan fingerprint density at radius 3 is 2.42 bits per heavy atom. The maximum Gasteiger partial charge on any atom is 0.416 e. The zero-order chi connectivity index (χ0) is 47.9. The van der Waals surface area contributed by atoms with E-state index in [0.29, 0.717) is 22.9 Å². The van der Waals surface area contributed by atoms with Crippen LogP contribution in [-0.2, 0) is 43.1 Å². The number of carbonyl (C=O) groups is 5. The van der Waals surface area contributed by atoms with E-state index in [1.165, 1.54) is 30.2 Å². The Hall–Kier alpha value is -6.07. The molecule has 2 fully saturated rings. The highest BCUT2D eigenvalue weighted by Gasteiger charge is 2.44. The van der Waals surface area contributed by atoms with Crippen LogP contribution in [0.5, 0.6) is 5.75 Å². The lowest BCUT2D eigenvalue weighted by Crippen LogP contribution is -2.57. The number of aromatic nitrogens is 1. The maximum absolute atomic E-state index is 14.0. The van der Waals surface area contributed by atoms with Crippen molar-refractivity contribution in [3.05, 3.63) is 110 Å². The molecule has 19 heteroatoms. The van der Waals surface area contributed by atoms with Gasteiger partial charge < -0.3 is 30.1 Å². The molecule has 0 bridgehead atoms. The number of halogens is 3. The number of thioether (sulfide) groups is 1. The number of thiazole rings is 1. The van der Waals surface area contributed by atoms with Gasteiger partial charge in [0.1, 0.15) is 17.8 Å². The van der Waals surface area contributed by atoms with Crippen LogP contribution in [0.3, 0.4) is 0 Å². The van der Waals surface area contributed by atoms with Gasteiger partial charge >= 0.3 is 6.18 Å². The Morgan fingerprint density at radius 1 is 1.05 bits per heavy atom. The minimum absolute atomic E-state index is 0.0408. The third kappa shape index (κ3) is 12.0. The highest BCUT2D eigenvalue weighted by Crippen LogP contribution is 2.37. The number of alkyl halides is 3. The van der Waals surface area contributed by atoms with Crippen LogP contribution in [0, 0.1) is 23.7 Å². The number of benzene rings is 3. The Kier molecular flexibility index (Phi) is 15.7. The summed E-state index contributed by atoms with van der Waals surface area (Å²) in [6.45, 7) is 7.10. The Bertz CT molecular complexity index is 2550. The number of aryl methyl sites for hydroxylation is 1. The van der Waals surface area contributed by atoms with Crippen molar-refractivity contribution in [3.8, 4) is 22.3 Å². The minimum atomic E-state index is -4.68. The predicted octanol–water partition coefficient (Wildman–Crippen LogP) is 6.86. The molecule has 1 aromatic heterocycles. The number of likely N-dealkylation sites (tertiary alicyclic amines) is 1. The van der Waals surface area contributed by atoms with Gasteiger partial charge in [0.15, 0.2) is 0 Å². The van der Waals surface area contributed by atoms with E-state index in [1.54, 1.807) is 61.9 Å². The second-order valence-corrected chi connectivity index (χ2v) is 18.7. The molecular formula is C47H49F3N6O8S2. The molecule has 2 saturated heterocycles. The average molecular weight is 947 g/mol. The number of imide groups is 1. The minimum Gasteiger partial charge on any atom is -0.496 e. The number of aliphatic hydroxyl groups is 1. The molecule has 14 nitrogen and oxygen atoms in total. The molecule has 0 spiro atoms. The molecule has 5 amide bonds. The number of hydrogen-bond donors (Lipinski definition) is 3. The van der Waals surface area contributed by atoms with Crippen molar-refractivity contribution >= 4 is 58.0 Å². The molecule has 66 heavy (non-hydrogen) atoms. The largest absolute Gasteiger partial charge is 0.496 e. The Balaban J connectivity index is 0.982. The number of nitrogens with zero attached hydrogens (tertiary/aromatic N) is 4. The van der Waals surface area contributed by atoms with Crippen molar-refractivity contribution in [2.45, 2.75) is 77.9 Å². The molecule has 0 radical (unpaired) electrons.